The smallest absolute Gasteiger partial charge is 0.173 e. The molecule has 0 aliphatic heterocycles. The molecule has 0 saturated carbocycles. The van der Waals surface area contributed by atoms with Crippen molar-refractivity contribution in [3.63, 3.8) is 0 Å². The number of hydrogen-bond donors (Lipinski definition) is 0. The third-order valence-corrected chi connectivity index (χ3v) is 6.94. The number of Topliss-reactive ketones (excluding diaryl/α,β-unsaturated/α-hetero) is 1. The Hall–Kier alpha value is -1.24. The van der Waals surface area contributed by atoms with Gasteiger partial charge in [-0.3, -0.25) is 4.79 Å². The molecule has 0 amide bonds. The Bertz CT molecular complexity index is 905. The van der Waals surface area contributed by atoms with Crippen LogP contribution in [0.3, 0.4) is 0 Å². The molecule has 1 aliphatic rings. The first-order valence-electron chi connectivity index (χ1n) is 7.89. The van der Waals surface area contributed by atoms with Gasteiger partial charge in [0.05, 0.1) is 5.75 Å². The molecule has 2 heterocycles. The molecular formula is C18H15BrN2OS2. The largest absolute Gasteiger partial charge is 0.293 e. The van der Waals surface area contributed by atoms with E-state index in [0.717, 1.165) is 32.7 Å². The number of thiophene rings is 1. The fraction of sp³-hybridized carbons (Fsp3) is 0.278. The van der Waals surface area contributed by atoms with Crippen molar-refractivity contribution in [3.05, 3.63) is 51.1 Å². The van der Waals surface area contributed by atoms with Gasteiger partial charge in [-0.25, -0.2) is 9.97 Å². The Morgan fingerprint density at radius 2 is 1.96 bits per heavy atom. The van der Waals surface area contributed by atoms with E-state index in [2.05, 4.69) is 25.9 Å². The van der Waals surface area contributed by atoms with Crippen LogP contribution in [0.4, 0.5) is 0 Å². The second kappa shape index (κ2) is 6.94. The van der Waals surface area contributed by atoms with Crippen LogP contribution in [0, 0.1) is 0 Å². The minimum absolute atomic E-state index is 0.128. The van der Waals surface area contributed by atoms with Crippen LogP contribution in [0.25, 0.3) is 10.2 Å². The summed E-state index contributed by atoms with van der Waals surface area (Å²) in [5.74, 6) is 0.529. The zero-order valence-corrected chi connectivity index (χ0v) is 16.1. The van der Waals surface area contributed by atoms with Crippen LogP contribution >= 0.6 is 39.0 Å². The van der Waals surface area contributed by atoms with Crippen LogP contribution in [0.5, 0.6) is 0 Å². The highest BCUT2D eigenvalue weighted by atomic mass is 79.9. The van der Waals surface area contributed by atoms with Crippen molar-refractivity contribution in [2.45, 2.75) is 30.7 Å². The molecule has 0 bridgehead atoms. The summed E-state index contributed by atoms with van der Waals surface area (Å²) in [4.78, 5) is 23.8. The molecule has 0 atom stereocenters. The second-order valence-corrected chi connectivity index (χ2v) is 8.75. The highest BCUT2D eigenvalue weighted by molar-refractivity contribution is 9.10. The summed E-state index contributed by atoms with van der Waals surface area (Å²) in [6.45, 7) is 0. The number of carbonyl (C=O) groups is 1. The number of aryl methyl sites for hydroxylation is 2. The number of benzene rings is 1. The summed E-state index contributed by atoms with van der Waals surface area (Å²) in [5.41, 5.74) is 2.16. The number of rotatable bonds is 4. The molecule has 0 fully saturated rings. The van der Waals surface area contributed by atoms with Gasteiger partial charge in [0.1, 0.15) is 16.2 Å². The molecule has 0 saturated heterocycles. The van der Waals surface area contributed by atoms with E-state index < -0.39 is 0 Å². The summed E-state index contributed by atoms with van der Waals surface area (Å²) in [7, 11) is 0. The van der Waals surface area contributed by atoms with E-state index in [1.165, 1.54) is 40.4 Å². The lowest BCUT2D eigenvalue weighted by molar-refractivity contribution is 0.102. The predicted molar refractivity (Wildman–Crippen MR) is 103 cm³/mol. The van der Waals surface area contributed by atoms with E-state index in [9.17, 15) is 4.79 Å². The molecule has 1 aliphatic carbocycles. The van der Waals surface area contributed by atoms with Crippen LogP contribution in [0.2, 0.25) is 0 Å². The van der Waals surface area contributed by atoms with Crippen molar-refractivity contribution in [2.24, 2.45) is 0 Å². The predicted octanol–water partition coefficient (Wildman–Crippen LogP) is 5.31. The number of fused-ring (bicyclic) bond motifs is 3. The molecule has 4 rings (SSSR count). The van der Waals surface area contributed by atoms with E-state index >= 15 is 0 Å². The van der Waals surface area contributed by atoms with Crippen molar-refractivity contribution in [2.75, 3.05) is 5.75 Å². The van der Waals surface area contributed by atoms with Gasteiger partial charge in [0, 0.05) is 20.3 Å². The highest BCUT2D eigenvalue weighted by Gasteiger charge is 2.20. The standard InChI is InChI=1S/C18H15BrN2OS2/c19-12-7-5-11(6-8-12)14(22)9-23-17-16-13-3-1-2-4-15(13)24-18(16)21-10-20-17/h5-8,10H,1-4,9H2. The van der Waals surface area contributed by atoms with Crippen LogP contribution in [-0.2, 0) is 12.8 Å². The number of nitrogens with zero attached hydrogens (tertiary/aromatic N) is 2. The molecule has 0 radical (unpaired) electrons. The Morgan fingerprint density at radius 1 is 1.17 bits per heavy atom. The van der Waals surface area contributed by atoms with Gasteiger partial charge in [-0.05, 0) is 43.4 Å². The molecule has 2 aromatic heterocycles. The molecular weight excluding hydrogens is 404 g/mol. The molecule has 3 nitrogen and oxygen atoms in total. The van der Waals surface area contributed by atoms with Gasteiger partial charge in [-0.1, -0.05) is 39.8 Å². The van der Waals surface area contributed by atoms with Crippen molar-refractivity contribution in [1.29, 1.82) is 0 Å². The van der Waals surface area contributed by atoms with E-state index in [1.807, 2.05) is 24.3 Å². The topological polar surface area (TPSA) is 42.9 Å². The third kappa shape index (κ3) is 3.15. The Labute approximate surface area is 157 Å². The minimum atomic E-state index is 0.128. The molecule has 1 aromatic carbocycles. The monoisotopic (exact) mass is 418 g/mol. The van der Waals surface area contributed by atoms with Crippen LogP contribution < -0.4 is 0 Å². The van der Waals surface area contributed by atoms with Gasteiger partial charge in [0.25, 0.3) is 0 Å². The average molecular weight is 419 g/mol. The SMILES string of the molecule is O=C(CSc1ncnc2sc3c(c12)CCCC3)c1ccc(Br)cc1. The lowest BCUT2D eigenvalue weighted by Gasteiger charge is -2.11. The molecule has 0 spiro atoms. The quantitative estimate of drug-likeness (QED) is 0.327. The van der Waals surface area contributed by atoms with Crippen LogP contribution in [0.1, 0.15) is 33.6 Å². The molecule has 3 aromatic rings. The maximum Gasteiger partial charge on any atom is 0.173 e. The van der Waals surface area contributed by atoms with Crippen LogP contribution in [-0.4, -0.2) is 21.5 Å². The van der Waals surface area contributed by atoms with Gasteiger partial charge in [-0.15, -0.1) is 11.3 Å². The number of hydrogen-bond acceptors (Lipinski definition) is 5. The van der Waals surface area contributed by atoms with Gasteiger partial charge < -0.3 is 0 Å². The first-order valence-corrected chi connectivity index (χ1v) is 10.5. The Balaban J connectivity index is 1.59. The summed E-state index contributed by atoms with van der Waals surface area (Å²) < 4.78 is 0.981. The van der Waals surface area contributed by atoms with E-state index in [0.29, 0.717) is 5.75 Å². The molecule has 24 heavy (non-hydrogen) atoms. The summed E-state index contributed by atoms with van der Waals surface area (Å²) in [6, 6.07) is 7.51. The van der Waals surface area contributed by atoms with Crippen molar-refractivity contribution in [1.82, 2.24) is 9.97 Å². The van der Waals surface area contributed by atoms with Gasteiger partial charge >= 0.3 is 0 Å². The number of thioether (sulfide) groups is 1. The lowest BCUT2D eigenvalue weighted by Crippen LogP contribution is -2.03. The first kappa shape index (κ1) is 16.2. The molecule has 0 N–H and O–H groups in total. The van der Waals surface area contributed by atoms with E-state index in [-0.39, 0.29) is 5.78 Å². The molecule has 122 valence electrons. The van der Waals surface area contributed by atoms with E-state index in [1.54, 1.807) is 17.7 Å². The fourth-order valence-corrected chi connectivity index (χ4v) is 5.50. The number of ketones is 1. The lowest BCUT2D eigenvalue weighted by atomic mass is 9.97. The van der Waals surface area contributed by atoms with Crippen molar-refractivity contribution in [3.8, 4) is 0 Å². The number of carbonyl (C=O) groups excluding carboxylic acids is 1. The molecule has 0 unspecified atom stereocenters. The first-order chi connectivity index (χ1) is 11.7. The second-order valence-electron chi connectivity index (χ2n) is 5.79. The van der Waals surface area contributed by atoms with Gasteiger partial charge in [0.15, 0.2) is 5.78 Å². The summed E-state index contributed by atoms with van der Waals surface area (Å²) in [6.07, 6.45) is 6.37. The fourth-order valence-electron chi connectivity index (χ4n) is 3.02. The third-order valence-electron chi connectivity index (χ3n) is 4.22. The normalized spacial score (nSPS) is 13.9. The average Bonchev–Trinajstić information content (AvgIpc) is 2.99. The maximum atomic E-state index is 12.4. The Morgan fingerprint density at radius 3 is 2.79 bits per heavy atom. The zero-order chi connectivity index (χ0) is 16.5. The number of halogens is 1. The van der Waals surface area contributed by atoms with Crippen LogP contribution in [0.15, 0.2) is 40.1 Å². The number of aromatic nitrogens is 2. The van der Waals surface area contributed by atoms with Gasteiger partial charge in [-0.2, -0.15) is 0 Å². The summed E-state index contributed by atoms with van der Waals surface area (Å²) >= 11 is 6.72. The summed E-state index contributed by atoms with van der Waals surface area (Å²) in [5, 5.41) is 2.13. The Kier molecular flexibility index (Phi) is 4.70. The minimum Gasteiger partial charge on any atom is -0.293 e. The van der Waals surface area contributed by atoms with Crippen molar-refractivity contribution < 1.29 is 4.79 Å². The zero-order valence-electron chi connectivity index (χ0n) is 12.9. The highest BCUT2D eigenvalue weighted by Crippen LogP contribution is 2.39. The van der Waals surface area contributed by atoms with E-state index in [4.69, 9.17) is 0 Å². The molecule has 6 heteroatoms. The van der Waals surface area contributed by atoms with Gasteiger partial charge in [0.2, 0.25) is 0 Å². The van der Waals surface area contributed by atoms with Crippen molar-refractivity contribution >= 4 is 55.0 Å². The maximum absolute atomic E-state index is 12.4.